The Bertz CT molecular complexity index is 818. The van der Waals surface area contributed by atoms with Gasteiger partial charge in [0.1, 0.15) is 0 Å². The van der Waals surface area contributed by atoms with Crippen LogP contribution in [0, 0.1) is 6.92 Å². The van der Waals surface area contributed by atoms with E-state index in [0.29, 0.717) is 40.5 Å². The third kappa shape index (κ3) is 5.00. The van der Waals surface area contributed by atoms with E-state index >= 15 is 0 Å². The Labute approximate surface area is 159 Å². The molecule has 6 nitrogen and oxygen atoms in total. The second kappa shape index (κ2) is 9.62. The van der Waals surface area contributed by atoms with Crippen molar-refractivity contribution in [1.29, 1.82) is 0 Å². The summed E-state index contributed by atoms with van der Waals surface area (Å²) in [6, 6.07) is 10.3. The minimum absolute atomic E-state index is 0.196. The molecule has 27 heavy (non-hydrogen) atoms. The van der Waals surface area contributed by atoms with Gasteiger partial charge in [-0.25, -0.2) is 0 Å². The Hall–Kier alpha value is -3.02. The normalized spacial score (nSPS) is 10.2. The standard InChI is InChI=1S/C21H26N2O4/c1-5-6-12-27-18-11-10-15(13-19(18)26-4)20(24)23-17-9-7-8-16(14(17)2)21(25)22-3/h7-11,13H,5-6,12H2,1-4H3,(H,22,25)(H,23,24). The third-order valence-corrected chi connectivity index (χ3v) is 4.23. The number of ether oxygens (including phenoxy) is 2. The minimum atomic E-state index is -0.287. The van der Waals surface area contributed by atoms with Gasteiger partial charge in [0.15, 0.2) is 11.5 Å². The first kappa shape index (κ1) is 20.3. The molecular weight excluding hydrogens is 344 g/mol. The van der Waals surface area contributed by atoms with Crippen LogP contribution in [0.5, 0.6) is 11.5 Å². The maximum atomic E-state index is 12.6. The Kier molecular flexibility index (Phi) is 7.23. The number of hydrogen-bond donors (Lipinski definition) is 2. The number of nitrogens with one attached hydrogen (secondary N) is 2. The van der Waals surface area contributed by atoms with Crippen molar-refractivity contribution in [3.8, 4) is 11.5 Å². The summed E-state index contributed by atoms with van der Waals surface area (Å²) >= 11 is 0. The van der Waals surface area contributed by atoms with Crippen molar-refractivity contribution in [2.45, 2.75) is 26.7 Å². The van der Waals surface area contributed by atoms with Gasteiger partial charge in [0.2, 0.25) is 0 Å². The highest BCUT2D eigenvalue weighted by molar-refractivity contribution is 6.06. The Morgan fingerprint density at radius 1 is 1.07 bits per heavy atom. The van der Waals surface area contributed by atoms with Gasteiger partial charge in [-0.3, -0.25) is 9.59 Å². The largest absolute Gasteiger partial charge is 0.493 e. The summed E-state index contributed by atoms with van der Waals surface area (Å²) in [6.45, 7) is 4.49. The summed E-state index contributed by atoms with van der Waals surface area (Å²) in [7, 11) is 3.12. The van der Waals surface area contributed by atoms with E-state index in [0.717, 1.165) is 12.8 Å². The molecule has 2 aromatic carbocycles. The number of hydrogen-bond acceptors (Lipinski definition) is 4. The van der Waals surface area contributed by atoms with Crippen molar-refractivity contribution in [1.82, 2.24) is 5.32 Å². The molecule has 2 aromatic rings. The molecule has 6 heteroatoms. The number of rotatable bonds is 8. The Morgan fingerprint density at radius 2 is 1.85 bits per heavy atom. The molecule has 0 spiro atoms. The van der Waals surface area contributed by atoms with Crippen molar-refractivity contribution in [2.75, 3.05) is 26.1 Å². The molecule has 0 saturated carbocycles. The first-order valence-electron chi connectivity index (χ1n) is 8.95. The first-order chi connectivity index (χ1) is 13.0. The van der Waals surface area contributed by atoms with Gasteiger partial charge < -0.3 is 20.1 Å². The summed E-state index contributed by atoms with van der Waals surface area (Å²) < 4.78 is 11.0. The summed E-state index contributed by atoms with van der Waals surface area (Å²) in [5.74, 6) is 0.638. The zero-order chi connectivity index (χ0) is 19.8. The van der Waals surface area contributed by atoms with Gasteiger partial charge in [0, 0.05) is 23.9 Å². The molecule has 0 aliphatic heterocycles. The molecule has 0 saturated heterocycles. The van der Waals surface area contributed by atoms with E-state index < -0.39 is 0 Å². The lowest BCUT2D eigenvalue weighted by Crippen LogP contribution is -2.20. The number of carbonyl (C=O) groups is 2. The minimum Gasteiger partial charge on any atom is -0.493 e. The van der Waals surface area contributed by atoms with Crippen LogP contribution in [-0.4, -0.2) is 32.6 Å². The highest BCUT2D eigenvalue weighted by Crippen LogP contribution is 2.29. The van der Waals surface area contributed by atoms with Crippen molar-refractivity contribution in [2.24, 2.45) is 0 Å². The van der Waals surface area contributed by atoms with Gasteiger partial charge >= 0.3 is 0 Å². The molecule has 0 atom stereocenters. The van der Waals surface area contributed by atoms with E-state index in [1.54, 1.807) is 57.5 Å². The van der Waals surface area contributed by atoms with Crippen molar-refractivity contribution in [3.05, 3.63) is 53.1 Å². The van der Waals surface area contributed by atoms with Crippen LogP contribution in [0.4, 0.5) is 5.69 Å². The molecule has 0 unspecified atom stereocenters. The van der Waals surface area contributed by atoms with Crippen LogP contribution >= 0.6 is 0 Å². The van der Waals surface area contributed by atoms with E-state index in [1.165, 1.54) is 0 Å². The van der Waals surface area contributed by atoms with Crippen LogP contribution in [0.3, 0.4) is 0 Å². The van der Waals surface area contributed by atoms with Gasteiger partial charge in [-0.05, 0) is 49.2 Å². The molecule has 0 aromatic heterocycles. The Morgan fingerprint density at radius 3 is 2.52 bits per heavy atom. The fourth-order valence-corrected chi connectivity index (χ4v) is 2.60. The van der Waals surface area contributed by atoms with E-state index in [2.05, 4.69) is 17.6 Å². The van der Waals surface area contributed by atoms with Gasteiger partial charge in [-0.1, -0.05) is 19.4 Å². The van der Waals surface area contributed by atoms with Crippen LogP contribution < -0.4 is 20.1 Å². The van der Waals surface area contributed by atoms with E-state index in [9.17, 15) is 9.59 Å². The van der Waals surface area contributed by atoms with Gasteiger partial charge in [-0.2, -0.15) is 0 Å². The fraction of sp³-hybridized carbons (Fsp3) is 0.333. The molecule has 2 rings (SSSR count). The summed E-state index contributed by atoms with van der Waals surface area (Å²) in [4.78, 5) is 24.6. The smallest absolute Gasteiger partial charge is 0.255 e. The molecule has 0 fully saturated rings. The zero-order valence-electron chi connectivity index (χ0n) is 16.2. The summed E-state index contributed by atoms with van der Waals surface area (Å²) in [5, 5.41) is 5.45. The number of unbranched alkanes of at least 4 members (excludes halogenated alkanes) is 1. The fourth-order valence-electron chi connectivity index (χ4n) is 2.60. The van der Waals surface area contributed by atoms with Gasteiger partial charge in [0.25, 0.3) is 11.8 Å². The van der Waals surface area contributed by atoms with Gasteiger partial charge in [-0.15, -0.1) is 0 Å². The first-order valence-corrected chi connectivity index (χ1v) is 8.95. The maximum Gasteiger partial charge on any atom is 0.255 e. The topological polar surface area (TPSA) is 76.7 Å². The molecule has 0 aliphatic rings. The molecule has 0 heterocycles. The van der Waals surface area contributed by atoms with Crippen LogP contribution in [-0.2, 0) is 0 Å². The molecular formula is C21H26N2O4. The summed E-state index contributed by atoms with van der Waals surface area (Å²) in [5.41, 5.74) is 2.26. The van der Waals surface area contributed by atoms with Crippen LogP contribution in [0.25, 0.3) is 0 Å². The lowest BCUT2D eigenvalue weighted by Gasteiger charge is -2.14. The van der Waals surface area contributed by atoms with Crippen molar-refractivity contribution < 1.29 is 19.1 Å². The number of methoxy groups -OCH3 is 1. The second-order valence-corrected chi connectivity index (χ2v) is 6.08. The molecule has 0 bridgehead atoms. The van der Waals surface area contributed by atoms with Crippen molar-refractivity contribution in [3.63, 3.8) is 0 Å². The highest BCUT2D eigenvalue weighted by Gasteiger charge is 2.15. The van der Waals surface area contributed by atoms with E-state index in [-0.39, 0.29) is 11.8 Å². The Balaban J connectivity index is 2.20. The third-order valence-electron chi connectivity index (χ3n) is 4.23. The van der Waals surface area contributed by atoms with E-state index in [4.69, 9.17) is 9.47 Å². The number of benzene rings is 2. The predicted molar refractivity (Wildman–Crippen MR) is 106 cm³/mol. The molecule has 2 amide bonds. The van der Waals surface area contributed by atoms with Crippen LogP contribution in [0.15, 0.2) is 36.4 Å². The number of anilines is 1. The van der Waals surface area contributed by atoms with Crippen LogP contribution in [0.1, 0.15) is 46.0 Å². The SMILES string of the molecule is CCCCOc1ccc(C(=O)Nc2cccc(C(=O)NC)c2C)cc1OC. The quantitative estimate of drug-likeness (QED) is 0.693. The number of amides is 2. The lowest BCUT2D eigenvalue weighted by atomic mass is 10.1. The van der Waals surface area contributed by atoms with Crippen LogP contribution in [0.2, 0.25) is 0 Å². The zero-order valence-corrected chi connectivity index (χ0v) is 16.2. The average molecular weight is 370 g/mol. The highest BCUT2D eigenvalue weighted by atomic mass is 16.5. The monoisotopic (exact) mass is 370 g/mol. The molecule has 2 N–H and O–H groups in total. The van der Waals surface area contributed by atoms with Crippen molar-refractivity contribution >= 4 is 17.5 Å². The molecule has 0 radical (unpaired) electrons. The molecule has 0 aliphatic carbocycles. The summed E-state index contributed by atoms with van der Waals surface area (Å²) in [6.07, 6.45) is 1.99. The lowest BCUT2D eigenvalue weighted by molar-refractivity contribution is 0.0960. The predicted octanol–water partition coefficient (Wildman–Crippen LogP) is 3.79. The second-order valence-electron chi connectivity index (χ2n) is 6.08. The number of carbonyl (C=O) groups excluding carboxylic acids is 2. The average Bonchev–Trinajstić information content (AvgIpc) is 2.69. The molecule has 144 valence electrons. The van der Waals surface area contributed by atoms with E-state index in [1.807, 2.05) is 0 Å². The maximum absolute atomic E-state index is 12.6. The van der Waals surface area contributed by atoms with Gasteiger partial charge in [0.05, 0.1) is 13.7 Å².